The highest BCUT2D eigenvalue weighted by atomic mass is 19.4. The van der Waals surface area contributed by atoms with Crippen LogP contribution in [0.5, 0.6) is 0 Å². The minimum absolute atomic E-state index is 0.00837. The molecule has 15 nitrogen and oxygen atoms in total. The van der Waals surface area contributed by atoms with Crippen LogP contribution in [0.2, 0.25) is 0 Å². The third-order valence-electron chi connectivity index (χ3n) is 9.94. The standard InChI is InChI=1S/C31H26F12N4O11/c32-28(33,34)26(29(35,36)37,23-19(15-7-3-1-4-8-15)11-17(44(49)50)13-21(23)46(53)54)57-25(48)58-27(30(38,39)40,31(41,42)43)24-20(16-9-5-2-6-10-16)12-18(45(51)52)14-22(24)47(55)56/h11-16H,1-10H2. The summed E-state index contributed by atoms with van der Waals surface area (Å²) in [5, 5.41) is 47.5. The van der Waals surface area contributed by atoms with E-state index >= 15 is 52.7 Å². The van der Waals surface area contributed by atoms with Gasteiger partial charge in [0.05, 0.1) is 43.0 Å². The first-order valence-electron chi connectivity index (χ1n) is 16.7. The molecule has 0 N–H and O–H groups in total. The van der Waals surface area contributed by atoms with Crippen LogP contribution in [0.25, 0.3) is 0 Å². The van der Waals surface area contributed by atoms with Crippen LogP contribution in [0.3, 0.4) is 0 Å². The fourth-order valence-corrected chi connectivity index (χ4v) is 7.50. The Hall–Kier alpha value is -5.53. The third kappa shape index (κ3) is 7.97. The molecular weight excluding hydrogens is 832 g/mol. The Labute approximate surface area is 314 Å². The molecule has 2 saturated carbocycles. The van der Waals surface area contributed by atoms with Crippen molar-refractivity contribution in [3.05, 3.63) is 87.0 Å². The van der Waals surface area contributed by atoms with Crippen LogP contribution in [-0.2, 0) is 20.7 Å². The molecule has 0 bridgehead atoms. The van der Waals surface area contributed by atoms with Crippen molar-refractivity contribution in [2.75, 3.05) is 0 Å². The fourth-order valence-electron chi connectivity index (χ4n) is 7.50. The van der Waals surface area contributed by atoms with E-state index < -0.39 is 156 Å². The summed E-state index contributed by atoms with van der Waals surface area (Å²) < 4.78 is 189. The Bertz CT molecular complexity index is 1810. The zero-order valence-electron chi connectivity index (χ0n) is 28.9. The number of rotatable bonds is 10. The second-order valence-electron chi connectivity index (χ2n) is 13.4. The molecule has 0 unspecified atom stereocenters. The van der Waals surface area contributed by atoms with Crippen molar-refractivity contribution in [3.8, 4) is 0 Å². The maximum Gasteiger partial charge on any atom is 0.511 e. The molecule has 0 aliphatic heterocycles. The smallest absolute Gasteiger partial charge is 0.403 e. The molecule has 0 saturated heterocycles. The monoisotopic (exact) mass is 858 g/mol. The zero-order chi connectivity index (χ0) is 44.0. The van der Waals surface area contributed by atoms with Crippen molar-refractivity contribution < 1.29 is 86.6 Å². The van der Waals surface area contributed by atoms with E-state index in [1.54, 1.807) is 0 Å². The van der Waals surface area contributed by atoms with E-state index in [-0.39, 0.29) is 50.7 Å². The fraction of sp³-hybridized carbons (Fsp3) is 0.581. The van der Waals surface area contributed by atoms with Gasteiger partial charge in [0.1, 0.15) is 0 Å². The maximum atomic E-state index is 15.2. The first kappa shape index (κ1) is 45.2. The number of ether oxygens (including phenoxy) is 2. The molecule has 2 aromatic carbocycles. The lowest BCUT2D eigenvalue weighted by atomic mass is 9.76. The highest BCUT2D eigenvalue weighted by Gasteiger charge is 2.81. The second kappa shape index (κ2) is 15.7. The van der Waals surface area contributed by atoms with E-state index in [2.05, 4.69) is 9.47 Å². The van der Waals surface area contributed by atoms with Crippen LogP contribution >= 0.6 is 0 Å². The number of non-ortho nitro benzene ring substituents is 2. The number of halogens is 12. The Morgan fingerprint density at radius 1 is 0.483 bits per heavy atom. The molecular formula is C31H26F12N4O11. The van der Waals surface area contributed by atoms with Crippen molar-refractivity contribution >= 4 is 28.9 Å². The lowest BCUT2D eigenvalue weighted by Crippen LogP contribution is -2.61. The lowest BCUT2D eigenvalue weighted by Gasteiger charge is -2.41. The molecule has 4 rings (SSSR count). The van der Waals surface area contributed by atoms with Gasteiger partial charge >= 0.3 is 42.1 Å². The van der Waals surface area contributed by atoms with Gasteiger partial charge in [0.15, 0.2) is 0 Å². The van der Waals surface area contributed by atoms with E-state index in [0.29, 0.717) is 0 Å². The molecule has 0 aromatic heterocycles. The topological polar surface area (TPSA) is 208 Å². The first-order chi connectivity index (χ1) is 26.5. The van der Waals surface area contributed by atoms with E-state index in [4.69, 9.17) is 0 Å². The Morgan fingerprint density at radius 2 is 0.759 bits per heavy atom. The van der Waals surface area contributed by atoms with Crippen LogP contribution in [0, 0.1) is 40.5 Å². The minimum Gasteiger partial charge on any atom is -0.403 e. The van der Waals surface area contributed by atoms with Crippen molar-refractivity contribution in [2.24, 2.45) is 0 Å². The van der Waals surface area contributed by atoms with Crippen LogP contribution < -0.4 is 0 Å². The SMILES string of the molecule is O=C(OC(c1c(C2CCCCC2)cc([N+](=O)[O-])cc1[N+](=O)[O-])(C(F)(F)F)C(F)(F)F)OC(c1c(C2CCCCC2)cc([N+](=O)[O-])cc1[N+](=O)[O-])(C(F)(F)F)C(F)(F)F. The van der Waals surface area contributed by atoms with E-state index in [0.717, 1.165) is 0 Å². The average Bonchev–Trinajstić information content (AvgIpc) is 3.10. The van der Waals surface area contributed by atoms with Crippen molar-refractivity contribution in [1.29, 1.82) is 0 Å². The molecule has 58 heavy (non-hydrogen) atoms. The summed E-state index contributed by atoms with van der Waals surface area (Å²) in [6.45, 7) is 0. The summed E-state index contributed by atoms with van der Waals surface area (Å²) in [5.74, 6) is -3.34. The van der Waals surface area contributed by atoms with Gasteiger partial charge in [0.25, 0.3) is 22.7 Å². The highest BCUT2D eigenvalue weighted by Crippen LogP contribution is 2.61. The molecule has 0 heterocycles. The van der Waals surface area contributed by atoms with Gasteiger partial charge in [-0.2, -0.15) is 52.7 Å². The molecule has 27 heteroatoms. The summed E-state index contributed by atoms with van der Waals surface area (Å²) in [7, 11) is 0. The van der Waals surface area contributed by atoms with Crippen molar-refractivity contribution in [3.63, 3.8) is 0 Å². The number of nitro benzene ring substituents is 4. The molecule has 2 aromatic rings. The Morgan fingerprint density at radius 3 is 0.983 bits per heavy atom. The first-order valence-corrected chi connectivity index (χ1v) is 16.7. The van der Waals surface area contributed by atoms with E-state index in [1.807, 2.05) is 0 Å². The number of alkyl halides is 12. The molecule has 2 aliphatic rings. The van der Waals surface area contributed by atoms with Gasteiger partial charge in [-0.1, -0.05) is 38.5 Å². The summed E-state index contributed by atoms with van der Waals surface area (Å²) in [4.78, 5) is 53.8. The van der Waals surface area contributed by atoms with Crippen LogP contribution in [0.4, 0.5) is 80.2 Å². The summed E-state index contributed by atoms with van der Waals surface area (Å²) in [5.41, 5.74) is -29.7. The lowest BCUT2D eigenvalue weighted by molar-refractivity contribution is -0.415. The van der Waals surface area contributed by atoms with Crippen LogP contribution in [-0.4, -0.2) is 50.6 Å². The molecule has 2 aliphatic carbocycles. The molecule has 0 radical (unpaired) electrons. The van der Waals surface area contributed by atoms with Gasteiger partial charge in [-0.3, -0.25) is 40.5 Å². The number of hydrogen-bond donors (Lipinski definition) is 0. The minimum atomic E-state index is -7.32. The van der Waals surface area contributed by atoms with Gasteiger partial charge in [0, 0.05) is 12.1 Å². The van der Waals surface area contributed by atoms with Crippen LogP contribution in [0.1, 0.15) is 98.3 Å². The zero-order valence-corrected chi connectivity index (χ0v) is 28.9. The van der Waals surface area contributed by atoms with Crippen LogP contribution in [0.15, 0.2) is 24.3 Å². The number of carbonyl (C=O) groups is 1. The predicted molar refractivity (Wildman–Crippen MR) is 166 cm³/mol. The van der Waals surface area contributed by atoms with Gasteiger partial charge in [-0.15, -0.1) is 0 Å². The summed E-state index contributed by atoms with van der Waals surface area (Å²) in [6, 6.07) is -0.832. The second-order valence-corrected chi connectivity index (χ2v) is 13.4. The normalized spacial score (nSPS) is 16.8. The van der Waals surface area contributed by atoms with Crippen molar-refractivity contribution in [1.82, 2.24) is 0 Å². The van der Waals surface area contributed by atoms with Crippen molar-refractivity contribution in [2.45, 2.75) is 112 Å². The predicted octanol–water partition coefficient (Wildman–Crippen LogP) is 10.9. The van der Waals surface area contributed by atoms with E-state index in [9.17, 15) is 45.3 Å². The van der Waals surface area contributed by atoms with Gasteiger partial charge in [-0.05, 0) is 48.6 Å². The van der Waals surface area contributed by atoms with Gasteiger partial charge < -0.3 is 9.47 Å². The highest BCUT2D eigenvalue weighted by molar-refractivity contribution is 5.68. The Balaban J connectivity index is 2.16. The number of benzene rings is 2. The molecule has 0 spiro atoms. The van der Waals surface area contributed by atoms with Gasteiger partial charge in [-0.25, -0.2) is 4.79 Å². The summed E-state index contributed by atoms with van der Waals surface area (Å²) >= 11 is 0. The molecule has 2 fully saturated rings. The third-order valence-corrected chi connectivity index (χ3v) is 9.94. The number of nitro groups is 4. The molecule has 0 atom stereocenters. The number of carbonyl (C=O) groups excluding carboxylic acids is 1. The maximum absolute atomic E-state index is 15.2. The molecule has 320 valence electrons. The number of hydrogen-bond acceptors (Lipinski definition) is 11. The molecule has 0 amide bonds. The largest absolute Gasteiger partial charge is 0.511 e. The quantitative estimate of drug-likeness (QED) is 0.0950. The number of nitrogens with zero attached hydrogens (tertiary/aromatic N) is 4. The van der Waals surface area contributed by atoms with E-state index in [1.165, 1.54) is 0 Å². The Kier molecular flexibility index (Phi) is 12.2. The summed E-state index contributed by atoms with van der Waals surface area (Å²) in [6.07, 6.45) is -34.6. The average molecular weight is 859 g/mol. The van der Waals surface area contributed by atoms with Gasteiger partial charge in [0.2, 0.25) is 0 Å².